The number of amides is 1. The van der Waals surface area contributed by atoms with E-state index in [2.05, 4.69) is 21.9 Å². The first-order chi connectivity index (χ1) is 10.8. The van der Waals surface area contributed by atoms with Gasteiger partial charge in [0.2, 0.25) is 5.91 Å². The Labute approximate surface area is 133 Å². The van der Waals surface area contributed by atoms with Crippen molar-refractivity contribution in [2.24, 2.45) is 5.92 Å². The zero-order chi connectivity index (χ0) is 15.4. The van der Waals surface area contributed by atoms with E-state index in [4.69, 9.17) is 4.74 Å². The smallest absolute Gasteiger partial charge is 0.225 e. The van der Waals surface area contributed by atoms with E-state index < -0.39 is 0 Å². The van der Waals surface area contributed by atoms with Crippen LogP contribution in [0.15, 0.2) is 24.3 Å². The molecule has 22 heavy (non-hydrogen) atoms. The Morgan fingerprint density at radius 1 is 1.09 bits per heavy atom. The van der Waals surface area contributed by atoms with Crippen molar-refractivity contribution in [3.63, 3.8) is 0 Å². The largest absolute Gasteiger partial charge is 0.497 e. The molecule has 120 valence electrons. The van der Waals surface area contributed by atoms with Crippen molar-refractivity contribution in [2.45, 2.75) is 32.2 Å². The van der Waals surface area contributed by atoms with Crippen LogP contribution in [0.3, 0.4) is 0 Å². The van der Waals surface area contributed by atoms with Gasteiger partial charge in [-0.2, -0.15) is 0 Å². The molecule has 4 nitrogen and oxygen atoms in total. The first-order valence-corrected chi connectivity index (χ1v) is 8.40. The quantitative estimate of drug-likeness (QED) is 0.857. The van der Waals surface area contributed by atoms with Crippen molar-refractivity contribution in [3.05, 3.63) is 29.8 Å². The summed E-state index contributed by atoms with van der Waals surface area (Å²) >= 11 is 0. The summed E-state index contributed by atoms with van der Waals surface area (Å²) in [7, 11) is 1.69. The maximum Gasteiger partial charge on any atom is 0.225 e. The van der Waals surface area contributed by atoms with Gasteiger partial charge in [0.1, 0.15) is 5.75 Å². The van der Waals surface area contributed by atoms with E-state index in [9.17, 15) is 4.79 Å². The lowest BCUT2D eigenvalue weighted by molar-refractivity contribution is -0.138. The molecule has 0 atom stereocenters. The maximum atomic E-state index is 12.4. The lowest BCUT2D eigenvalue weighted by Gasteiger charge is -2.31. The SMILES string of the molecule is COc1ccc(CN2CCCN(C(=O)C3CCC3)CC2)cc1. The van der Waals surface area contributed by atoms with E-state index in [-0.39, 0.29) is 0 Å². The van der Waals surface area contributed by atoms with Crippen molar-refractivity contribution >= 4 is 5.91 Å². The van der Waals surface area contributed by atoms with Gasteiger partial charge in [0.15, 0.2) is 0 Å². The average Bonchev–Trinajstić information content (AvgIpc) is 2.72. The summed E-state index contributed by atoms with van der Waals surface area (Å²) in [6, 6.07) is 8.28. The number of hydrogen-bond donors (Lipinski definition) is 0. The molecule has 1 heterocycles. The van der Waals surface area contributed by atoms with Crippen LogP contribution in [0.1, 0.15) is 31.2 Å². The Morgan fingerprint density at radius 3 is 2.50 bits per heavy atom. The predicted molar refractivity (Wildman–Crippen MR) is 86.8 cm³/mol. The Balaban J connectivity index is 1.52. The Hall–Kier alpha value is -1.55. The molecule has 0 bridgehead atoms. The van der Waals surface area contributed by atoms with Crippen molar-refractivity contribution in [3.8, 4) is 5.75 Å². The summed E-state index contributed by atoms with van der Waals surface area (Å²) in [5.74, 6) is 1.63. The van der Waals surface area contributed by atoms with Crippen LogP contribution in [-0.2, 0) is 11.3 Å². The molecule has 1 saturated carbocycles. The topological polar surface area (TPSA) is 32.8 Å². The fraction of sp³-hybridized carbons (Fsp3) is 0.611. The zero-order valence-electron chi connectivity index (χ0n) is 13.5. The van der Waals surface area contributed by atoms with Crippen LogP contribution in [0, 0.1) is 5.92 Å². The molecule has 4 heteroatoms. The number of carbonyl (C=O) groups excluding carboxylic acids is 1. The third-order valence-corrected chi connectivity index (χ3v) is 4.92. The number of ether oxygens (including phenoxy) is 1. The molecular weight excluding hydrogens is 276 g/mol. The molecule has 2 fully saturated rings. The Kier molecular flexibility index (Phi) is 4.98. The van der Waals surface area contributed by atoms with E-state index in [1.807, 2.05) is 12.1 Å². The molecule has 0 aromatic heterocycles. The van der Waals surface area contributed by atoms with Gasteiger partial charge in [-0.25, -0.2) is 0 Å². The van der Waals surface area contributed by atoms with Gasteiger partial charge in [-0.1, -0.05) is 18.6 Å². The lowest BCUT2D eigenvalue weighted by atomic mass is 9.84. The van der Waals surface area contributed by atoms with Gasteiger partial charge in [-0.15, -0.1) is 0 Å². The fourth-order valence-corrected chi connectivity index (χ4v) is 3.25. The minimum atomic E-state index is 0.327. The van der Waals surface area contributed by atoms with Gasteiger partial charge in [0.25, 0.3) is 0 Å². The number of nitrogens with zero attached hydrogens (tertiary/aromatic N) is 2. The molecule has 0 radical (unpaired) electrons. The van der Waals surface area contributed by atoms with Crippen LogP contribution >= 0.6 is 0 Å². The van der Waals surface area contributed by atoms with E-state index in [1.165, 1.54) is 12.0 Å². The van der Waals surface area contributed by atoms with Gasteiger partial charge in [0.05, 0.1) is 7.11 Å². The van der Waals surface area contributed by atoms with Gasteiger partial charge in [-0.05, 0) is 37.0 Å². The standard InChI is InChI=1S/C18H26N2O2/c1-22-17-8-6-15(7-9-17)14-19-10-3-11-20(13-12-19)18(21)16-4-2-5-16/h6-9,16H,2-5,10-14H2,1H3. The van der Waals surface area contributed by atoms with Crippen LogP contribution in [0.4, 0.5) is 0 Å². The predicted octanol–water partition coefficient (Wildman–Crippen LogP) is 2.53. The Morgan fingerprint density at radius 2 is 1.86 bits per heavy atom. The number of carbonyl (C=O) groups is 1. The highest BCUT2D eigenvalue weighted by Gasteiger charge is 2.30. The summed E-state index contributed by atoms with van der Waals surface area (Å²) in [4.78, 5) is 16.9. The Bertz CT molecular complexity index is 496. The lowest BCUT2D eigenvalue weighted by Crippen LogP contribution is -2.41. The molecule has 0 spiro atoms. The second kappa shape index (κ2) is 7.14. The normalized spacial score (nSPS) is 20.3. The van der Waals surface area contributed by atoms with Gasteiger partial charge in [0, 0.05) is 38.6 Å². The second-order valence-corrected chi connectivity index (χ2v) is 6.43. The number of methoxy groups -OCH3 is 1. The molecule has 1 aromatic rings. The first kappa shape index (κ1) is 15.3. The average molecular weight is 302 g/mol. The fourth-order valence-electron chi connectivity index (χ4n) is 3.25. The molecule has 2 aliphatic rings. The van der Waals surface area contributed by atoms with Crippen molar-refractivity contribution in [1.82, 2.24) is 9.80 Å². The molecule has 1 amide bonds. The minimum absolute atomic E-state index is 0.327. The van der Waals surface area contributed by atoms with Crippen LogP contribution in [-0.4, -0.2) is 49.0 Å². The second-order valence-electron chi connectivity index (χ2n) is 6.43. The molecule has 1 saturated heterocycles. The van der Waals surface area contributed by atoms with Crippen LogP contribution in [0.25, 0.3) is 0 Å². The minimum Gasteiger partial charge on any atom is -0.497 e. The van der Waals surface area contributed by atoms with Crippen LogP contribution < -0.4 is 4.74 Å². The number of rotatable bonds is 4. The van der Waals surface area contributed by atoms with Crippen molar-refractivity contribution < 1.29 is 9.53 Å². The van der Waals surface area contributed by atoms with E-state index in [0.717, 1.165) is 57.7 Å². The summed E-state index contributed by atoms with van der Waals surface area (Å²) < 4.78 is 5.20. The molecule has 1 aromatic carbocycles. The molecular formula is C18H26N2O2. The summed E-state index contributed by atoms with van der Waals surface area (Å²) in [6.07, 6.45) is 4.51. The molecule has 1 aliphatic heterocycles. The molecule has 0 unspecified atom stereocenters. The summed E-state index contributed by atoms with van der Waals surface area (Å²) in [5.41, 5.74) is 1.31. The monoisotopic (exact) mass is 302 g/mol. The summed E-state index contributed by atoms with van der Waals surface area (Å²) in [5, 5.41) is 0. The van der Waals surface area contributed by atoms with E-state index >= 15 is 0 Å². The highest BCUT2D eigenvalue weighted by atomic mass is 16.5. The molecule has 3 rings (SSSR count). The van der Waals surface area contributed by atoms with Gasteiger partial charge in [-0.3, -0.25) is 9.69 Å². The molecule has 0 N–H and O–H groups in total. The number of benzene rings is 1. The highest BCUT2D eigenvalue weighted by Crippen LogP contribution is 2.28. The van der Waals surface area contributed by atoms with E-state index in [0.29, 0.717) is 11.8 Å². The zero-order valence-corrected chi connectivity index (χ0v) is 13.5. The van der Waals surface area contributed by atoms with Crippen LogP contribution in [0.2, 0.25) is 0 Å². The number of hydrogen-bond acceptors (Lipinski definition) is 3. The van der Waals surface area contributed by atoms with Gasteiger partial charge < -0.3 is 9.64 Å². The van der Waals surface area contributed by atoms with Gasteiger partial charge >= 0.3 is 0 Å². The summed E-state index contributed by atoms with van der Waals surface area (Å²) in [6.45, 7) is 4.81. The third-order valence-electron chi connectivity index (χ3n) is 4.92. The third kappa shape index (κ3) is 3.61. The van der Waals surface area contributed by atoms with E-state index in [1.54, 1.807) is 7.11 Å². The first-order valence-electron chi connectivity index (χ1n) is 8.40. The van der Waals surface area contributed by atoms with Crippen LogP contribution in [0.5, 0.6) is 5.75 Å². The maximum absolute atomic E-state index is 12.4. The van der Waals surface area contributed by atoms with Crippen molar-refractivity contribution in [1.29, 1.82) is 0 Å². The van der Waals surface area contributed by atoms with Crippen molar-refractivity contribution in [2.75, 3.05) is 33.3 Å². The molecule has 1 aliphatic carbocycles. The highest BCUT2D eigenvalue weighted by molar-refractivity contribution is 5.79.